The second-order valence-electron chi connectivity index (χ2n) is 9.54. The smallest absolute Gasteiger partial charge is 0.550 e. The van der Waals surface area contributed by atoms with Gasteiger partial charge in [0, 0.05) is 37.0 Å². The van der Waals surface area contributed by atoms with E-state index < -0.39 is 30.4 Å². The maximum Gasteiger partial charge on any atom is 1.00 e. The van der Waals surface area contributed by atoms with Crippen LogP contribution >= 0.6 is 0 Å². The van der Waals surface area contributed by atoms with Crippen molar-refractivity contribution in [2.75, 3.05) is 7.11 Å². The van der Waals surface area contributed by atoms with Crippen molar-refractivity contribution in [2.24, 2.45) is 0 Å². The fourth-order valence-electron chi connectivity index (χ4n) is 4.48. The number of nitrogens with zero attached hydrogens (tertiary/aromatic N) is 2. The standard InChI is InChI=1S/C28H32FN3O6.Na/c1-38-23-4-2-3-17(13-23)16-30-28(37)25-26(18-5-6-18)32(12-11-21(33)14-22(34)15-24(35)36)27(31-25)19-7-9-20(29)10-8-19;/h2-4,7-10,13,18,21-22,33-34H,5-6,11-12,14-16H2,1H3,(H,30,37)(H,35,36);/q;+1/p-1/t21-,22-;/m1./s1. The van der Waals surface area contributed by atoms with Gasteiger partial charge in [-0.15, -0.1) is 0 Å². The van der Waals surface area contributed by atoms with Crippen LogP contribution in [0, 0.1) is 5.82 Å². The van der Waals surface area contributed by atoms with Gasteiger partial charge in [0.25, 0.3) is 5.91 Å². The van der Waals surface area contributed by atoms with E-state index in [1.54, 1.807) is 19.2 Å². The van der Waals surface area contributed by atoms with Crippen LogP contribution in [0.4, 0.5) is 4.39 Å². The molecule has 3 N–H and O–H groups in total. The Balaban J connectivity index is 0.00000420. The zero-order chi connectivity index (χ0) is 27.2. The first kappa shape index (κ1) is 30.8. The van der Waals surface area contributed by atoms with Crippen LogP contribution in [-0.4, -0.2) is 51.0 Å². The summed E-state index contributed by atoms with van der Waals surface area (Å²) in [6.07, 6.45) is -0.927. The molecule has 1 fully saturated rings. The van der Waals surface area contributed by atoms with Gasteiger partial charge in [0.1, 0.15) is 23.1 Å². The molecule has 1 amide bonds. The summed E-state index contributed by atoms with van der Waals surface area (Å²) in [4.78, 5) is 28.8. The average Bonchev–Trinajstić information content (AvgIpc) is 3.66. The van der Waals surface area contributed by atoms with E-state index in [9.17, 15) is 29.3 Å². The van der Waals surface area contributed by atoms with Crippen LogP contribution in [0.15, 0.2) is 48.5 Å². The van der Waals surface area contributed by atoms with Crippen molar-refractivity contribution in [3.63, 3.8) is 0 Å². The number of carboxylic acids is 1. The van der Waals surface area contributed by atoms with Gasteiger partial charge in [0.2, 0.25) is 0 Å². The topological polar surface area (TPSA) is 137 Å². The van der Waals surface area contributed by atoms with Crippen molar-refractivity contribution in [2.45, 2.75) is 63.3 Å². The molecule has 0 aliphatic heterocycles. The fraction of sp³-hybridized carbons (Fsp3) is 0.393. The Bertz CT molecular complexity index is 1280. The van der Waals surface area contributed by atoms with E-state index >= 15 is 0 Å². The molecule has 1 saturated carbocycles. The molecule has 4 rings (SSSR count). The van der Waals surface area contributed by atoms with E-state index in [-0.39, 0.29) is 73.0 Å². The molecule has 202 valence electrons. The minimum absolute atomic E-state index is 0. The number of aliphatic carboxylic acids is 1. The molecule has 1 aliphatic rings. The maximum atomic E-state index is 13.6. The van der Waals surface area contributed by atoms with Gasteiger partial charge in [-0.2, -0.15) is 0 Å². The number of ether oxygens (including phenoxy) is 1. The monoisotopic (exact) mass is 547 g/mol. The number of hydrogen-bond donors (Lipinski definition) is 3. The number of carbonyl (C=O) groups excluding carboxylic acids is 2. The molecule has 39 heavy (non-hydrogen) atoms. The summed E-state index contributed by atoms with van der Waals surface area (Å²) in [5, 5.41) is 34.0. The summed E-state index contributed by atoms with van der Waals surface area (Å²) in [6, 6.07) is 13.2. The maximum absolute atomic E-state index is 13.6. The SMILES string of the molecule is COc1cccc(CNC(=O)c2nc(-c3ccc(F)cc3)n(CC[C@@H](O)C[C@@H](O)CC(=O)[O-])c2C2CC2)c1.[Na+]. The van der Waals surface area contributed by atoms with Crippen LogP contribution < -0.4 is 44.7 Å². The van der Waals surface area contributed by atoms with Crippen molar-refractivity contribution >= 4 is 11.9 Å². The van der Waals surface area contributed by atoms with Crippen molar-refractivity contribution in [1.82, 2.24) is 14.9 Å². The van der Waals surface area contributed by atoms with Gasteiger partial charge >= 0.3 is 29.6 Å². The third-order valence-corrected chi connectivity index (χ3v) is 6.51. The van der Waals surface area contributed by atoms with E-state index in [0.29, 0.717) is 17.1 Å². The molecule has 0 bridgehead atoms. The Hall–Kier alpha value is -2.76. The summed E-state index contributed by atoms with van der Waals surface area (Å²) >= 11 is 0. The molecule has 0 spiro atoms. The number of benzene rings is 2. The Morgan fingerprint density at radius 3 is 2.54 bits per heavy atom. The van der Waals surface area contributed by atoms with E-state index in [1.807, 2.05) is 28.8 Å². The third-order valence-electron chi connectivity index (χ3n) is 6.51. The van der Waals surface area contributed by atoms with Gasteiger partial charge in [0.05, 0.1) is 25.0 Å². The average molecular weight is 548 g/mol. The Morgan fingerprint density at radius 1 is 1.18 bits per heavy atom. The summed E-state index contributed by atoms with van der Waals surface area (Å²) < 4.78 is 20.8. The molecule has 2 aromatic carbocycles. The van der Waals surface area contributed by atoms with Crippen LogP contribution in [0.1, 0.15) is 59.8 Å². The molecule has 9 nitrogen and oxygen atoms in total. The number of halogens is 1. The number of imidazole rings is 1. The fourth-order valence-corrected chi connectivity index (χ4v) is 4.48. The van der Waals surface area contributed by atoms with Gasteiger partial charge in [-0.05, 0) is 67.6 Å². The van der Waals surface area contributed by atoms with E-state index in [1.165, 1.54) is 12.1 Å². The Kier molecular flexibility index (Phi) is 11.1. The largest absolute Gasteiger partial charge is 1.00 e. The van der Waals surface area contributed by atoms with E-state index in [0.717, 1.165) is 24.1 Å². The number of aromatic nitrogens is 2. The van der Waals surface area contributed by atoms with Crippen LogP contribution in [-0.2, 0) is 17.9 Å². The molecule has 1 aliphatic carbocycles. The third kappa shape index (κ3) is 8.36. The molecule has 0 radical (unpaired) electrons. The molecular weight excluding hydrogens is 516 g/mol. The number of nitrogens with one attached hydrogen (secondary N) is 1. The quantitative estimate of drug-likeness (QED) is 0.237. The summed E-state index contributed by atoms with van der Waals surface area (Å²) in [5.41, 5.74) is 2.50. The van der Waals surface area contributed by atoms with Gasteiger partial charge in [-0.25, -0.2) is 9.37 Å². The number of amides is 1. The van der Waals surface area contributed by atoms with Crippen LogP contribution in [0.25, 0.3) is 11.4 Å². The molecule has 1 aromatic heterocycles. The number of aliphatic hydroxyl groups is 2. The first-order valence-corrected chi connectivity index (χ1v) is 12.6. The van der Waals surface area contributed by atoms with Crippen molar-refractivity contribution in [3.8, 4) is 17.1 Å². The summed E-state index contributed by atoms with van der Waals surface area (Å²) in [7, 11) is 1.57. The summed E-state index contributed by atoms with van der Waals surface area (Å²) in [5.74, 6) is -0.860. The van der Waals surface area contributed by atoms with Crippen molar-refractivity contribution in [1.29, 1.82) is 0 Å². The van der Waals surface area contributed by atoms with Gasteiger partial charge in [-0.1, -0.05) is 12.1 Å². The predicted molar refractivity (Wildman–Crippen MR) is 135 cm³/mol. The predicted octanol–water partition coefficient (Wildman–Crippen LogP) is -0.849. The van der Waals surface area contributed by atoms with Gasteiger partial charge in [0.15, 0.2) is 0 Å². The molecule has 0 saturated heterocycles. The molecule has 3 aromatic rings. The molecule has 2 atom stereocenters. The van der Waals surface area contributed by atoms with Gasteiger partial charge in [-0.3, -0.25) is 4.79 Å². The normalized spacial score (nSPS) is 14.3. The minimum atomic E-state index is -1.39. The van der Waals surface area contributed by atoms with Crippen molar-refractivity contribution in [3.05, 3.63) is 71.3 Å². The first-order chi connectivity index (χ1) is 18.2. The molecular formula is C28H31FN3NaO6. The van der Waals surface area contributed by atoms with E-state index in [4.69, 9.17) is 4.74 Å². The second kappa shape index (κ2) is 14.0. The number of hydrogen-bond acceptors (Lipinski definition) is 7. The molecule has 11 heteroatoms. The minimum Gasteiger partial charge on any atom is -0.550 e. The Labute approximate surface area is 248 Å². The first-order valence-electron chi connectivity index (χ1n) is 12.6. The zero-order valence-corrected chi connectivity index (χ0v) is 24.1. The number of methoxy groups -OCH3 is 1. The van der Waals surface area contributed by atoms with E-state index in [2.05, 4.69) is 10.3 Å². The summed E-state index contributed by atoms with van der Waals surface area (Å²) in [6.45, 7) is 0.543. The van der Waals surface area contributed by atoms with Gasteiger partial charge < -0.3 is 34.7 Å². The number of carboxylic acid groups (broad SMARTS) is 1. The second-order valence-corrected chi connectivity index (χ2v) is 9.54. The van der Waals surface area contributed by atoms with Crippen molar-refractivity contribution < 1.29 is 63.6 Å². The molecule has 0 unspecified atom stereocenters. The number of carbonyl (C=O) groups is 2. The van der Waals surface area contributed by atoms with Crippen LogP contribution in [0.3, 0.4) is 0 Å². The Morgan fingerprint density at radius 2 is 1.90 bits per heavy atom. The number of rotatable bonds is 13. The molecule has 1 heterocycles. The van der Waals surface area contributed by atoms with Crippen LogP contribution in [0.2, 0.25) is 0 Å². The number of aliphatic hydroxyl groups excluding tert-OH is 2. The zero-order valence-electron chi connectivity index (χ0n) is 22.1. The van der Waals surface area contributed by atoms with Crippen LogP contribution in [0.5, 0.6) is 5.75 Å².